The lowest BCUT2D eigenvalue weighted by Crippen LogP contribution is -2.21. The van der Waals surface area contributed by atoms with E-state index in [1.807, 2.05) is 0 Å². The Kier molecular flexibility index (Phi) is 3.11. The summed E-state index contributed by atoms with van der Waals surface area (Å²) in [7, 11) is 0. The Morgan fingerprint density at radius 2 is 2.00 bits per heavy atom. The molecule has 2 aromatic rings. The zero-order valence-corrected chi connectivity index (χ0v) is 11.4. The summed E-state index contributed by atoms with van der Waals surface area (Å²) in [5.74, 6) is 0.767. The molecule has 0 aliphatic heterocycles. The topological polar surface area (TPSA) is 37.8 Å². The van der Waals surface area contributed by atoms with Crippen LogP contribution in [0.1, 0.15) is 19.3 Å². The predicted octanol–water partition coefficient (Wildman–Crippen LogP) is 4.21. The maximum absolute atomic E-state index is 6.20. The average molecular weight is 288 g/mol. The minimum absolute atomic E-state index is 0.563. The molecule has 0 atom stereocenters. The summed E-state index contributed by atoms with van der Waals surface area (Å²) in [5.41, 5.74) is 2.38. The van der Waals surface area contributed by atoms with E-state index in [2.05, 4.69) is 14.1 Å². The second-order valence-corrected chi connectivity index (χ2v) is 5.70. The van der Waals surface area contributed by atoms with Crippen molar-refractivity contribution in [2.45, 2.75) is 19.3 Å². The number of rotatable bonds is 3. The Balaban J connectivity index is 1.93. The Bertz CT molecular complexity index is 551. The van der Waals surface area contributed by atoms with Gasteiger partial charge in [-0.15, -0.1) is 0 Å². The second-order valence-electron chi connectivity index (χ2n) is 4.35. The molecule has 0 amide bonds. The van der Waals surface area contributed by atoms with Crippen LogP contribution >= 0.6 is 34.9 Å². The van der Waals surface area contributed by atoms with E-state index >= 15 is 0 Å². The van der Waals surface area contributed by atoms with Gasteiger partial charge in [-0.2, -0.15) is 8.75 Å². The van der Waals surface area contributed by atoms with E-state index in [0.717, 1.165) is 40.9 Å². The number of nitrogens with one attached hydrogen (secondary N) is 1. The molecule has 1 N–H and O–H groups in total. The summed E-state index contributed by atoms with van der Waals surface area (Å²) in [6, 6.07) is 1.73. The molecule has 1 fully saturated rings. The average Bonchev–Trinajstić information content (AvgIpc) is 2.69. The number of halogens is 2. The molecule has 90 valence electrons. The first kappa shape index (κ1) is 11.5. The SMILES string of the molecule is Clc1cc(Cl)c2nsnc2c1NCC1CCC1. The number of benzene rings is 1. The van der Waals surface area contributed by atoms with Crippen molar-refractivity contribution < 1.29 is 0 Å². The molecule has 6 heteroatoms. The van der Waals surface area contributed by atoms with Crippen molar-refractivity contribution in [2.24, 2.45) is 5.92 Å². The number of fused-ring (bicyclic) bond motifs is 1. The van der Waals surface area contributed by atoms with Gasteiger partial charge in [0.1, 0.15) is 11.0 Å². The van der Waals surface area contributed by atoms with Crippen LogP contribution in [0.5, 0.6) is 0 Å². The van der Waals surface area contributed by atoms with Gasteiger partial charge in [0.05, 0.1) is 27.5 Å². The molecule has 1 aromatic heterocycles. The normalized spacial score (nSPS) is 16.1. The van der Waals surface area contributed by atoms with Gasteiger partial charge in [0.25, 0.3) is 0 Å². The van der Waals surface area contributed by atoms with Gasteiger partial charge in [-0.1, -0.05) is 29.6 Å². The quantitative estimate of drug-likeness (QED) is 0.919. The highest BCUT2D eigenvalue weighted by molar-refractivity contribution is 7.00. The fourth-order valence-corrected chi connectivity index (χ4v) is 3.16. The zero-order chi connectivity index (χ0) is 11.8. The summed E-state index contributed by atoms with van der Waals surface area (Å²) >= 11 is 13.4. The van der Waals surface area contributed by atoms with E-state index in [1.54, 1.807) is 6.07 Å². The van der Waals surface area contributed by atoms with Crippen molar-refractivity contribution in [3.63, 3.8) is 0 Å². The number of hydrogen-bond acceptors (Lipinski definition) is 4. The smallest absolute Gasteiger partial charge is 0.130 e. The summed E-state index contributed by atoms with van der Waals surface area (Å²) < 4.78 is 8.44. The molecular formula is C11H11Cl2N3S. The number of nitrogens with zero attached hydrogens (tertiary/aromatic N) is 2. The van der Waals surface area contributed by atoms with Gasteiger partial charge in [0.15, 0.2) is 0 Å². The third kappa shape index (κ3) is 2.09. The molecule has 1 aliphatic rings. The van der Waals surface area contributed by atoms with Crippen molar-refractivity contribution in [3.05, 3.63) is 16.1 Å². The lowest BCUT2D eigenvalue weighted by atomic mass is 9.85. The van der Waals surface area contributed by atoms with E-state index in [0.29, 0.717) is 10.0 Å². The van der Waals surface area contributed by atoms with Crippen LogP contribution in [-0.2, 0) is 0 Å². The minimum atomic E-state index is 0.563. The van der Waals surface area contributed by atoms with Gasteiger partial charge in [-0.25, -0.2) is 0 Å². The Morgan fingerprint density at radius 1 is 1.24 bits per heavy atom. The number of aromatic nitrogens is 2. The molecule has 1 aliphatic carbocycles. The van der Waals surface area contributed by atoms with Crippen molar-refractivity contribution in [1.82, 2.24) is 8.75 Å². The summed E-state index contributed by atoms with van der Waals surface area (Å²) in [6.07, 6.45) is 3.95. The van der Waals surface area contributed by atoms with E-state index in [1.165, 1.54) is 19.3 Å². The van der Waals surface area contributed by atoms with E-state index in [4.69, 9.17) is 23.2 Å². The van der Waals surface area contributed by atoms with Gasteiger partial charge in [-0.05, 0) is 24.8 Å². The summed E-state index contributed by atoms with van der Waals surface area (Å²) in [5, 5.41) is 4.57. The molecule has 1 saturated carbocycles. The summed E-state index contributed by atoms with van der Waals surface area (Å²) in [6.45, 7) is 0.952. The molecule has 0 saturated heterocycles. The molecule has 1 heterocycles. The fraction of sp³-hybridized carbons (Fsp3) is 0.455. The second kappa shape index (κ2) is 4.59. The Hall–Kier alpha value is -0.580. The third-order valence-corrected chi connectivity index (χ3v) is 4.35. The van der Waals surface area contributed by atoms with Gasteiger partial charge >= 0.3 is 0 Å². The van der Waals surface area contributed by atoms with Crippen molar-refractivity contribution in [2.75, 3.05) is 11.9 Å². The maximum Gasteiger partial charge on any atom is 0.130 e. The van der Waals surface area contributed by atoms with Crippen LogP contribution in [0.4, 0.5) is 5.69 Å². The molecule has 3 rings (SSSR count). The van der Waals surface area contributed by atoms with Crippen LogP contribution in [0.15, 0.2) is 6.07 Å². The minimum Gasteiger partial charge on any atom is -0.382 e. The zero-order valence-electron chi connectivity index (χ0n) is 9.04. The van der Waals surface area contributed by atoms with Crippen molar-refractivity contribution in [1.29, 1.82) is 0 Å². The fourth-order valence-electron chi connectivity index (χ4n) is 1.99. The van der Waals surface area contributed by atoms with Gasteiger partial charge in [0.2, 0.25) is 0 Å². The Labute approximate surface area is 113 Å². The van der Waals surface area contributed by atoms with Crippen LogP contribution in [0.25, 0.3) is 11.0 Å². The monoisotopic (exact) mass is 287 g/mol. The largest absolute Gasteiger partial charge is 0.382 e. The number of anilines is 1. The molecule has 1 aromatic carbocycles. The van der Waals surface area contributed by atoms with Crippen molar-refractivity contribution in [3.8, 4) is 0 Å². The lowest BCUT2D eigenvalue weighted by molar-refractivity contribution is 0.333. The molecule has 0 unspecified atom stereocenters. The first-order chi connectivity index (χ1) is 8.25. The standard InChI is InChI=1S/C11H11Cl2N3S/c12-7-4-8(13)10-11(16-17-15-10)9(7)14-5-6-2-1-3-6/h4,6,14H,1-3,5H2. The highest BCUT2D eigenvalue weighted by Crippen LogP contribution is 2.36. The van der Waals surface area contributed by atoms with E-state index in [-0.39, 0.29) is 0 Å². The first-order valence-corrected chi connectivity index (χ1v) is 7.08. The molecule has 0 radical (unpaired) electrons. The molecular weight excluding hydrogens is 277 g/mol. The highest BCUT2D eigenvalue weighted by atomic mass is 35.5. The molecule has 0 bridgehead atoms. The lowest BCUT2D eigenvalue weighted by Gasteiger charge is -2.26. The molecule has 0 spiro atoms. The van der Waals surface area contributed by atoms with E-state index in [9.17, 15) is 0 Å². The van der Waals surface area contributed by atoms with Crippen LogP contribution in [0.3, 0.4) is 0 Å². The van der Waals surface area contributed by atoms with Gasteiger partial charge in [-0.3, -0.25) is 0 Å². The molecule has 3 nitrogen and oxygen atoms in total. The van der Waals surface area contributed by atoms with Crippen LogP contribution in [-0.4, -0.2) is 15.3 Å². The highest BCUT2D eigenvalue weighted by Gasteiger charge is 2.19. The van der Waals surface area contributed by atoms with Crippen LogP contribution in [0.2, 0.25) is 10.0 Å². The van der Waals surface area contributed by atoms with Gasteiger partial charge < -0.3 is 5.32 Å². The molecule has 17 heavy (non-hydrogen) atoms. The first-order valence-electron chi connectivity index (χ1n) is 5.60. The van der Waals surface area contributed by atoms with Crippen LogP contribution in [0, 0.1) is 5.92 Å². The van der Waals surface area contributed by atoms with Crippen LogP contribution < -0.4 is 5.32 Å². The maximum atomic E-state index is 6.20. The summed E-state index contributed by atoms with van der Waals surface area (Å²) in [4.78, 5) is 0. The Morgan fingerprint density at radius 3 is 2.71 bits per heavy atom. The third-order valence-electron chi connectivity index (χ3n) is 3.24. The predicted molar refractivity (Wildman–Crippen MR) is 73.3 cm³/mol. The van der Waals surface area contributed by atoms with Crippen molar-refractivity contribution >= 4 is 51.7 Å². The van der Waals surface area contributed by atoms with Gasteiger partial charge in [0, 0.05) is 6.54 Å². The number of hydrogen-bond donors (Lipinski definition) is 1. The van der Waals surface area contributed by atoms with E-state index < -0.39 is 0 Å².